The molecule has 2 aromatic heterocycles. The van der Waals surface area contributed by atoms with Crippen LogP contribution in [0.4, 0.5) is 0 Å². The summed E-state index contributed by atoms with van der Waals surface area (Å²) in [5, 5.41) is 3.72. The fourth-order valence-corrected chi connectivity index (χ4v) is 3.51. The highest BCUT2D eigenvalue weighted by Gasteiger charge is 2.18. The molecule has 32 heavy (non-hydrogen) atoms. The van der Waals surface area contributed by atoms with Crippen molar-refractivity contribution >= 4 is 16.8 Å². The van der Waals surface area contributed by atoms with Crippen molar-refractivity contribution in [3.8, 4) is 28.5 Å². The number of rotatable bonds is 7. The number of methoxy groups -OCH3 is 3. The number of hydrogen-bond donors (Lipinski definition) is 1. The number of hydrogen-bond acceptors (Lipinski definition) is 6. The maximum Gasteiger partial charge on any atom is 0.252 e. The Morgan fingerprint density at radius 2 is 1.62 bits per heavy atom. The lowest BCUT2D eigenvalue weighted by Crippen LogP contribution is -2.23. The van der Waals surface area contributed by atoms with Crippen LogP contribution in [0.5, 0.6) is 17.2 Å². The molecule has 0 spiro atoms. The van der Waals surface area contributed by atoms with Gasteiger partial charge < -0.3 is 19.5 Å². The summed E-state index contributed by atoms with van der Waals surface area (Å²) in [5.74, 6) is 1.31. The first-order valence-electron chi connectivity index (χ1n) is 10.0. The first-order chi connectivity index (χ1) is 15.6. The summed E-state index contributed by atoms with van der Waals surface area (Å²) in [6, 6.07) is 18.5. The van der Waals surface area contributed by atoms with Crippen LogP contribution >= 0.6 is 0 Å². The summed E-state index contributed by atoms with van der Waals surface area (Å²) in [6.45, 7) is 0.329. The van der Waals surface area contributed by atoms with Gasteiger partial charge in [-0.3, -0.25) is 9.78 Å². The Balaban J connectivity index is 1.78. The highest BCUT2D eigenvalue weighted by atomic mass is 16.5. The minimum atomic E-state index is -0.206. The van der Waals surface area contributed by atoms with Crippen molar-refractivity contribution in [3.05, 3.63) is 78.1 Å². The van der Waals surface area contributed by atoms with E-state index < -0.39 is 0 Å². The first-order valence-corrected chi connectivity index (χ1v) is 10.0. The lowest BCUT2D eigenvalue weighted by molar-refractivity contribution is 0.0952. The van der Waals surface area contributed by atoms with E-state index in [4.69, 9.17) is 19.2 Å². The Kier molecular flexibility index (Phi) is 6.17. The quantitative estimate of drug-likeness (QED) is 0.473. The van der Waals surface area contributed by atoms with Crippen LogP contribution in [0.25, 0.3) is 22.2 Å². The SMILES string of the molecule is COc1cc(-c2cc(C(=O)NCc3ccccn3)c3ccccc3n2)cc(OC)c1OC. The topological polar surface area (TPSA) is 82.6 Å². The van der Waals surface area contributed by atoms with Crippen molar-refractivity contribution < 1.29 is 19.0 Å². The second-order valence-corrected chi connectivity index (χ2v) is 6.99. The number of carbonyl (C=O) groups excluding carboxylic acids is 1. The number of pyridine rings is 2. The first kappa shape index (κ1) is 21.1. The fourth-order valence-electron chi connectivity index (χ4n) is 3.51. The maximum atomic E-state index is 13.1. The van der Waals surface area contributed by atoms with Gasteiger partial charge in [-0.1, -0.05) is 24.3 Å². The third-order valence-corrected chi connectivity index (χ3v) is 5.08. The number of fused-ring (bicyclic) bond motifs is 1. The van der Waals surface area contributed by atoms with Gasteiger partial charge in [-0.25, -0.2) is 4.98 Å². The Morgan fingerprint density at radius 3 is 2.28 bits per heavy atom. The van der Waals surface area contributed by atoms with Gasteiger partial charge in [0.05, 0.1) is 50.3 Å². The van der Waals surface area contributed by atoms with Crippen LogP contribution in [-0.4, -0.2) is 37.2 Å². The largest absolute Gasteiger partial charge is 0.493 e. The second kappa shape index (κ2) is 9.34. The second-order valence-electron chi connectivity index (χ2n) is 6.99. The van der Waals surface area contributed by atoms with E-state index in [0.29, 0.717) is 40.6 Å². The van der Waals surface area contributed by atoms with Gasteiger partial charge in [-0.05, 0) is 36.4 Å². The third kappa shape index (κ3) is 4.18. The van der Waals surface area contributed by atoms with Crippen LogP contribution < -0.4 is 19.5 Å². The van der Waals surface area contributed by atoms with Gasteiger partial charge in [-0.2, -0.15) is 0 Å². The molecule has 2 aromatic carbocycles. The highest BCUT2D eigenvalue weighted by molar-refractivity contribution is 6.07. The monoisotopic (exact) mass is 429 g/mol. The summed E-state index contributed by atoms with van der Waals surface area (Å²) in [7, 11) is 4.68. The van der Waals surface area contributed by atoms with Gasteiger partial charge in [0.1, 0.15) is 0 Å². The molecule has 0 aliphatic carbocycles. The number of nitrogens with zero attached hydrogens (tertiary/aromatic N) is 2. The molecule has 0 saturated heterocycles. The van der Waals surface area contributed by atoms with Crippen molar-refractivity contribution in [3.63, 3.8) is 0 Å². The van der Waals surface area contributed by atoms with Crippen LogP contribution in [0.15, 0.2) is 66.9 Å². The zero-order chi connectivity index (χ0) is 22.5. The van der Waals surface area contributed by atoms with Gasteiger partial charge in [0.15, 0.2) is 11.5 Å². The smallest absolute Gasteiger partial charge is 0.252 e. The van der Waals surface area contributed by atoms with Crippen LogP contribution in [0, 0.1) is 0 Å². The van der Waals surface area contributed by atoms with Gasteiger partial charge in [0.25, 0.3) is 5.91 Å². The molecule has 0 saturated carbocycles. The molecule has 1 N–H and O–H groups in total. The maximum absolute atomic E-state index is 13.1. The normalized spacial score (nSPS) is 10.6. The summed E-state index contributed by atoms with van der Waals surface area (Å²) < 4.78 is 16.4. The molecule has 162 valence electrons. The summed E-state index contributed by atoms with van der Waals surface area (Å²) >= 11 is 0. The molecule has 4 aromatic rings. The Morgan fingerprint density at radius 1 is 0.906 bits per heavy atom. The molecule has 0 bridgehead atoms. The molecule has 1 amide bonds. The zero-order valence-electron chi connectivity index (χ0n) is 18.1. The molecule has 0 aliphatic rings. The van der Waals surface area contributed by atoms with Gasteiger partial charge in [-0.15, -0.1) is 0 Å². The van der Waals surface area contributed by atoms with Gasteiger partial charge >= 0.3 is 0 Å². The fraction of sp³-hybridized carbons (Fsp3) is 0.160. The number of carbonyl (C=O) groups is 1. The molecular formula is C25H23N3O4. The Labute approximate surface area is 186 Å². The van der Waals surface area contributed by atoms with E-state index in [0.717, 1.165) is 16.6 Å². The van der Waals surface area contributed by atoms with Crippen molar-refractivity contribution in [2.24, 2.45) is 0 Å². The predicted octanol–water partition coefficient (Wildman–Crippen LogP) is 4.25. The van der Waals surface area contributed by atoms with E-state index in [1.807, 2.05) is 54.6 Å². The summed E-state index contributed by atoms with van der Waals surface area (Å²) in [6.07, 6.45) is 1.70. The lowest BCUT2D eigenvalue weighted by Gasteiger charge is -2.15. The zero-order valence-corrected chi connectivity index (χ0v) is 18.1. The molecule has 2 heterocycles. The number of amides is 1. The molecule has 0 aliphatic heterocycles. The molecule has 0 fully saturated rings. The average molecular weight is 429 g/mol. The number of aromatic nitrogens is 2. The van der Waals surface area contributed by atoms with E-state index >= 15 is 0 Å². The summed E-state index contributed by atoms with van der Waals surface area (Å²) in [5.41, 5.74) is 3.37. The highest BCUT2D eigenvalue weighted by Crippen LogP contribution is 2.41. The molecule has 4 rings (SSSR count). The lowest BCUT2D eigenvalue weighted by atomic mass is 10.0. The van der Waals surface area contributed by atoms with Crippen LogP contribution in [0.3, 0.4) is 0 Å². The van der Waals surface area contributed by atoms with E-state index in [1.54, 1.807) is 33.6 Å². The van der Waals surface area contributed by atoms with Crippen LogP contribution in [-0.2, 0) is 6.54 Å². The Bertz CT molecular complexity index is 1230. The van der Waals surface area contributed by atoms with Crippen molar-refractivity contribution in [2.45, 2.75) is 6.54 Å². The molecular weight excluding hydrogens is 406 g/mol. The van der Waals surface area contributed by atoms with Crippen molar-refractivity contribution in [1.82, 2.24) is 15.3 Å². The van der Waals surface area contributed by atoms with E-state index in [-0.39, 0.29) is 5.91 Å². The number of nitrogens with one attached hydrogen (secondary N) is 1. The van der Waals surface area contributed by atoms with Crippen LogP contribution in [0.1, 0.15) is 16.1 Å². The molecule has 0 unspecified atom stereocenters. The van der Waals surface area contributed by atoms with Gasteiger partial charge in [0, 0.05) is 17.1 Å². The average Bonchev–Trinajstić information content (AvgIpc) is 2.86. The number of ether oxygens (including phenoxy) is 3. The summed E-state index contributed by atoms with van der Waals surface area (Å²) in [4.78, 5) is 22.2. The van der Waals surface area contributed by atoms with Crippen LogP contribution in [0.2, 0.25) is 0 Å². The standard InChI is InChI=1S/C25H23N3O4/c1-30-22-12-16(13-23(31-2)24(22)32-3)21-14-19(18-9-4-5-10-20(18)28-21)25(29)27-15-17-8-6-7-11-26-17/h4-14H,15H2,1-3H3,(H,27,29). The predicted molar refractivity (Wildman–Crippen MR) is 122 cm³/mol. The molecule has 0 atom stereocenters. The number of para-hydroxylation sites is 1. The van der Waals surface area contributed by atoms with Crippen molar-refractivity contribution in [1.29, 1.82) is 0 Å². The van der Waals surface area contributed by atoms with E-state index in [9.17, 15) is 4.79 Å². The Hall–Kier alpha value is -4.13. The minimum absolute atomic E-state index is 0.206. The molecule has 0 radical (unpaired) electrons. The molecule has 7 heteroatoms. The molecule has 7 nitrogen and oxygen atoms in total. The van der Waals surface area contributed by atoms with E-state index in [1.165, 1.54) is 0 Å². The van der Waals surface area contributed by atoms with E-state index in [2.05, 4.69) is 10.3 Å². The number of benzene rings is 2. The third-order valence-electron chi connectivity index (χ3n) is 5.08. The minimum Gasteiger partial charge on any atom is -0.493 e. The van der Waals surface area contributed by atoms with Gasteiger partial charge in [0.2, 0.25) is 5.75 Å². The van der Waals surface area contributed by atoms with Crippen molar-refractivity contribution in [2.75, 3.05) is 21.3 Å².